The summed E-state index contributed by atoms with van der Waals surface area (Å²) < 4.78 is 10.6. The summed E-state index contributed by atoms with van der Waals surface area (Å²) in [5.74, 6) is 0.672. The SMILES string of the molecule is CCOc1ccc(/C=C/C(=O)Nc2ccc(C(=O)NC)cc2OC)cc1. The highest BCUT2D eigenvalue weighted by Crippen LogP contribution is 2.25. The van der Waals surface area contributed by atoms with E-state index >= 15 is 0 Å². The minimum atomic E-state index is -0.301. The van der Waals surface area contributed by atoms with Crippen molar-refractivity contribution in [1.82, 2.24) is 5.32 Å². The van der Waals surface area contributed by atoms with Crippen molar-refractivity contribution in [3.63, 3.8) is 0 Å². The van der Waals surface area contributed by atoms with Crippen molar-refractivity contribution in [3.05, 3.63) is 59.7 Å². The number of carbonyl (C=O) groups excluding carboxylic acids is 2. The van der Waals surface area contributed by atoms with Crippen LogP contribution in [0.25, 0.3) is 6.08 Å². The maximum absolute atomic E-state index is 12.1. The summed E-state index contributed by atoms with van der Waals surface area (Å²) >= 11 is 0. The van der Waals surface area contributed by atoms with Gasteiger partial charge in [-0.25, -0.2) is 0 Å². The van der Waals surface area contributed by atoms with Crippen molar-refractivity contribution in [2.45, 2.75) is 6.92 Å². The van der Waals surface area contributed by atoms with Gasteiger partial charge in [0, 0.05) is 18.7 Å². The van der Waals surface area contributed by atoms with Crippen LogP contribution in [-0.4, -0.2) is 32.6 Å². The summed E-state index contributed by atoms with van der Waals surface area (Å²) in [4.78, 5) is 23.8. The highest BCUT2D eigenvalue weighted by Gasteiger charge is 2.10. The van der Waals surface area contributed by atoms with Gasteiger partial charge in [-0.3, -0.25) is 9.59 Å². The lowest BCUT2D eigenvalue weighted by molar-refractivity contribution is -0.111. The van der Waals surface area contributed by atoms with Gasteiger partial charge in [0.15, 0.2) is 0 Å². The van der Waals surface area contributed by atoms with Gasteiger partial charge in [0.25, 0.3) is 5.91 Å². The number of rotatable bonds is 7. The smallest absolute Gasteiger partial charge is 0.251 e. The molecule has 0 heterocycles. The van der Waals surface area contributed by atoms with E-state index in [2.05, 4.69) is 10.6 Å². The zero-order chi connectivity index (χ0) is 18.9. The summed E-state index contributed by atoms with van der Waals surface area (Å²) in [5, 5.41) is 5.28. The average molecular weight is 354 g/mol. The monoisotopic (exact) mass is 354 g/mol. The van der Waals surface area contributed by atoms with Crippen LogP contribution in [0.5, 0.6) is 11.5 Å². The van der Waals surface area contributed by atoms with Gasteiger partial charge >= 0.3 is 0 Å². The normalized spacial score (nSPS) is 10.4. The van der Waals surface area contributed by atoms with Crippen molar-refractivity contribution in [1.29, 1.82) is 0 Å². The van der Waals surface area contributed by atoms with Gasteiger partial charge < -0.3 is 20.1 Å². The van der Waals surface area contributed by atoms with Crippen LogP contribution >= 0.6 is 0 Å². The molecule has 0 aliphatic heterocycles. The topological polar surface area (TPSA) is 76.7 Å². The number of carbonyl (C=O) groups is 2. The standard InChI is InChI=1S/C20H22N2O4/c1-4-26-16-9-5-14(6-10-16)7-12-19(23)22-17-11-8-15(20(24)21-2)13-18(17)25-3/h5-13H,4H2,1-3H3,(H,21,24)(H,22,23)/b12-7+. The Morgan fingerprint density at radius 2 is 1.85 bits per heavy atom. The second-order valence-electron chi connectivity index (χ2n) is 5.32. The summed E-state index contributed by atoms with van der Waals surface area (Å²) in [6.07, 6.45) is 3.14. The van der Waals surface area contributed by atoms with Gasteiger partial charge in [0.2, 0.25) is 5.91 Å². The van der Waals surface area contributed by atoms with Crippen molar-refractivity contribution < 1.29 is 19.1 Å². The van der Waals surface area contributed by atoms with Gasteiger partial charge in [-0.1, -0.05) is 12.1 Å². The van der Waals surface area contributed by atoms with Gasteiger partial charge in [-0.2, -0.15) is 0 Å². The molecule has 0 saturated carbocycles. The quantitative estimate of drug-likeness (QED) is 0.749. The number of methoxy groups -OCH3 is 1. The van der Waals surface area contributed by atoms with Crippen LogP contribution in [0.3, 0.4) is 0 Å². The van der Waals surface area contributed by atoms with E-state index in [1.165, 1.54) is 13.2 Å². The molecule has 2 aromatic carbocycles. The lowest BCUT2D eigenvalue weighted by Crippen LogP contribution is -2.18. The molecule has 0 aliphatic rings. The third kappa shape index (κ3) is 5.11. The highest BCUT2D eigenvalue weighted by atomic mass is 16.5. The molecule has 0 saturated heterocycles. The molecule has 0 radical (unpaired) electrons. The first-order valence-electron chi connectivity index (χ1n) is 8.19. The Morgan fingerprint density at radius 1 is 1.12 bits per heavy atom. The Morgan fingerprint density at radius 3 is 2.46 bits per heavy atom. The molecule has 136 valence electrons. The summed E-state index contributed by atoms with van der Waals surface area (Å²) in [6, 6.07) is 12.3. The molecule has 26 heavy (non-hydrogen) atoms. The van der Waals surface area contributed by atoms with E-state index in [0.29, 0.717) is 23.6 Å². The molecule has 2 N–H and O–H groups in total. The largest absolute Gasteiger partial charge is 0.495 e. The summed E-state index contributed by atoms with van der Waals surface area (Å²) in [5.41, 5.74) is 1.82. The molecule has 6 heteroatoms. The van der Waals surface area contributed by atoms with Crippen LogP contribution in [0, 0.1) is 0 Å². The molecule has 0 spiro atoms. The predicted octanol–water partition coefficient (Wildman–Crippen LogP) is 3.11. The lowest BCUT2D eigenvalue weighted by Gasteiger charge is -2.10. The second kappa shape index (κ2) is 9.27. The second-order valence-corrected chi connectivity index (χ2v) is 5.32. The Bertz CT molecular complexity index is 798. The predicted molar refractivity (Wildman–Crippen MR) is 102 cm³/mol. The zero-order valence-corrected chi connectivity index (χ0v) is 15.0. The first-order valence-corrected chi connectivity index (χ1v) is 8.19. The van der Waals surface area contributed by atoms with E-state index in [1.807, 2.05) is 31.2 Å². The van der Waals surface area contributed by atoms with Gasteiger partial charge in [-0.15, -0.1) is 0 Å². The fraction of sp³-hybridized carbons (Fsp3) is 0.200. The number of nitrogens with one attached hydrogen (secondary N) is 2. The number of ether oxygens (including phenoxy) is 2. The molecule has 2 amide bonds. The molecule has 0 fully saturated rings. The number of benzene rings is 2. The van der Waals surface area contributed by atoms with E-state index in [4.69, 9.17) is 9.47 Å². The maximum Gasteiger partial charge on any atom is 0.251 e. The Labute approximate surface area is 152 Å². The Kier molecular flexibility index (Phi) is 6.79. The average Bonchev–Trinajstić information content (AvgIpc) is 2.67. The molecule has 2 rings (SSSR count). The maximum atomic E-state index is 12.1. The fourth-order valence-electron chi connectivity index (χ4n) is 2.27. The first-order chi connectivity index (χ1) is 12.6. The summed E-state index contributed by atoms with van der Waals surface area (Å²) in [7, 11) is 3.03. The first kappa shape index (κ1) is 19.1. The third-order valence-electron chi connectivity index (χ3n) is 3.57. The van der Waals surface area contributed by atoms with Crippen LogP contribution in [0.1, 0.15) is 22.8 Å². The fourth-order valence-corrected chi connectivity index (χ4v) is 2.27. The van der Waals surface area contributed by atoms with E-state index in [1.54, 1.807) is 31.3 Å². The van der Waals surface area contributed by atoms with Crippen LogP contribution in [0.15, 0.2) is 48.5 Å². The number of anilines is 1. The highest BCUT2D eigenvalue weighted by molar-refractivity contribution is 6.03. The van der Waals surface area contributed by atoms with Gasteiger partial charge in [0.05, 0.1) is 19.4 Å². The Balaban J connectivity index is 2.05. The van der Waals surface area contributed by atoms with Crippen molar-refractivity contribution >= 4 is 23.6 Å². The van der Waals surface area contributed by atoms with Crippen LogP contribution in [0.4, 0.5) is 5.69 Å². The van der Waals surface area contributed by atoms with Crippen LogP contribution < -0.4 is 20.1 Å². The molecule has 0 atom stereocenters. The lowest BCUT2D eigenvalue weighted by atomic mass is 10.1. The molecule has 0 unspecified atom stereocenters. The van der Waals surface area contributed by atoms with Crippen molar-refractivity contribution in [2.24, 2.45) is 0 Å². The van der Waals surface area contributed by atoms with E-state index in [9.17, 15) is 9.59 Å². The van der Waals surface area contributed by atoms with Crippen molar-refractivity contribution in [2.75, 3.05) is 26.1 Å². The molecule has 2 aromatic rings. The third-order valence-corrected chi connectivity index (χ3v) is 3.57. The molecular weight excluding hydrogens is 332 g/mol. The molecule has 0 bridgehead atoms. The molecule has 6 nitrogen and oxygen atoms in total. The van der Waals surface area contributed by atoms with Crippen LogP contribution in [-0.2, 0) is 4.79 Å². The summed E-state index contributed by atoms with van der Waals surface area (Å²) in [6.45, 7) is 2.53. The van der Waals surface area contributed by atoms with Crippen LogP contribution in [0.2, 0.25) is 0 Å². The number of amides is 2. The zero-order valence-electron chi connectivity index (χ0n) is 15.0. The van der Waals surface area contributed by atoms with Gasteiger partial charge in [0.1, 0.15) is 11.5 Å². The number of hydrogen-bond donors (Lipinski definition) is 2. The number of hydrogen-bond acceptors (Lipinski definition) is 4. The minimum Gasteiger partial charge on any atom is -0.495 e. The molecule has 0 aliphatic carbocycles. The van der Waals surface area contributed by atoms with E-state index < -0.39 is 0 Å². The van der Waals surface area contributed by atoms with Crippen molar-refractivity contribution in [3.8, 4) is 11.5 Å². The van der Waals surface area contributed by atoms with E-state index in [-0.39, 0.29) is 11.8 Å². The molecular formula is C20H22N2O4. The van der Waals surface area contributed by atoms with E-state index in [0.717, 1.165) is 11.3 Å². The minimum absolute atomic E-state index is 0.225. The van der Waals surface area contributed by atoms with Gasteiger partial charge in [-0.05, 0) is 48.9 Å². The molecule has 0 aromatic heterocycles. The Hall–Kier alpha value is -3.28.